The van der Waals surface area contributed by atoms with Gasteiger partial charge in [-0.05, 0) is 50.6 Å². The minimum absolute atomic E-state index is 0.703. The van der Waals surface area contributed by atoms with E-state index in [1.54, 1.807) is 6.07 Å². The van der Waals surface area contributed by atoms with Crippen LogP contribution in [0.2, 0.25) is 5.02 Å². The van der Waals surface area contributed by atoms with Crippen LogP contribution in [0.25, 0.3) is 0 Å². The van der Waals surface area contributed by atoms with Crippen molar-refractivity contribution in [2.75, 3.05) is 37.7 Å². The van der Waals surface area contributed by atoms with Gasteiger partial charge < -0.3 is 16.0 Å². The predicted octanol–water partition coefficient (Wildman–Crippen LogP) is 2.68. The van der Waals surface area contributed by atoms with E-state index in [-0.39, 0.29) is 0 Å². The van der Waals surface area contributed by atoms with Crippen molar-refractivity contribution in [3.05, 3.63) is 23.2 Å². The van der Waals surface area contributed by atoms with Gasteiger partial charge in [0.1, 0.15) is 0 Å². The summed E-state index contributed by atoms with van der Waals surface area (Å²) in [5.74, 6) is 0.711. The summed E-state index contributed by atoms with van der Waals surface area (Å²) in [6.45, 7) is 3.37. The van der Waals surface area contributed by atoms with Crippen LogP contribution in [0.5, 0.6) is 0 Å². The molecule has 0 saturated carbocycles. The van der Waals surface area contributed by atoms with Crippen LogP contribution in [-0.2, 0) is 0 Å². The molecule has 1 aliphatic heterocycles. The van der Waals surface area contributed by atoms with Gasteiger partial charge in [-0.1, -0.05) is 11.6 Å². The molecule has 4 heteroatoms. The molecule has 1 heterocycles. The van der Waals surface area contributed by atoms with Gasteiger partial charge in [0, 0.05) is 18.8 Å². The predicted molar refractivity (Wildman–Crippen MR) is 74.6 cm³/mol. The Balaban J connectivity index is 1.88. The summed E-state index contributed by atoms with van der Waals surface area (Å²) < 4.78 is 0. The zero-order valence-electron chi connectivity index (χ0n) is 10.2. The highest BCUT2D eigenvalue weighted by Crippen LogP contribution is 2.25. The van der Waals surface area contributed by atoms with E-state index >= 15 is 0 Å². The lowest BCUT2D eigenvalue weighted by Gasteiger charge is -2.30. The Labute approximate surface area is 108 Å². The average Bonchev–Trinajstić information content (AvgIpc) is 2.28. The van der Waals surface area contributed by atoms with Crippen molar-refractivity contribution >= 4 is 23.0 Å². The van der Waals surface area contributed by atoms with Crippen LogP contribution in [0.1, 0.15) is 12.8 Å². The van der Waals surface area contributed by atoms with Crippen LogP contribution < -0.4 is 11.1 Å². The zero-order chi connectivity index (χ0) is 12.3. The van der Waals surface area contributed by atoms with E-state index in [1.807, 2.05) is 12.1 Å². The Morgan fingerprint density at radius 2 is 2.35 bits per heavy atom. The van der Waals surface area contributed by atoms with Gasteiger partial charge in [0.15, 0.2) is 0 Å². The fourth-order valence-corrected chi connectivity index (χ4v) is 2.62. The smallest absolute Gasteiger partial charge is 0.0657 e. The third-order valence-electron chi connectivity index (χ3n) is 3.30. The monoisotopic (exact) mass is 253 g/mol. The number of halogens is 1. The molecule has 1 aromatic carbocycles. The molecule has 0 amide bonds. The zero-order valence-corrected chi connectivity index (χ0v) is 11.0. The maximum atomic E-state index is 6.12. The molecule has 1 saturated heterocycles. The van der Waals surface area contributed by atoms with E-state index in [1.165, 1.54) is 25.9 Å². The molecule has 0 aliphatic carbocycles. The Bertz CT molecular complexity index is 381. The van der Waals surface area contributed by atoms with Gasteiger partial charge in [0.05, 0.1) is 10.7 Å². The number of rotatable bonds is 3. The second-order valence-corrected chi connectivity index (χ2v) is 5.30. The number of anilines is 2. The Morgan fingerprint density at radius 3 is 3.06 bits per heavy atom. The van der Waals surface area contributed by atoms with Gasteiger partial charge in [0.25, 0.3) is 0 Å². The molecule has 3 N–H and O–H groups in total. The Kier molecular flexibility index (Phi) is 4.13. The van der Waals surface area contributed by atoms with E-state index in [0.29, 0.717) is 16.6 Å². The largest absolute Gasteiger partial charge is 0.399 e. The summed E-state index contributed by atoms with van der Waals surface area (Å²) in [5, 5.41) is 4.12. The quantitative estimate of drug-likeness (QED) is 0.814. The van der Waals surface area contributed by atoms with E-state index < -0.39 is 0 Å². The number of nitrogens with one attached hydrogen (secondary N) is 1. The molecule has 0 bridgehead atoms. The van der Waals surface area contributed by atoms with Crippen molar-refractivity contribution in [2.24, 2.45) is 5.92 Å². The second kappa shape index (κ2) is 5.61. The van der Waals surface area contributed by atoms with Crippen molar-refractivity contribution < 1.29 is 0 Å². The normalized spacial score (nSPS) is 21.4. The fraction of sp³-hybridized carbons (Fsp3) is 0.538. The van der Waals surface area contributed by atoms with Gasteiger partial charge >= 0.3 is 0 Å². The SMILES string of the molecule is CN1CCCC(CNc2ccc(N)cc2Cl)C1. The first-order valence-corrected chi connectivity index (χ1v) is 6.50. The lowest BCUT2D eigenvalue weighted by atomic mass is 9.98. The third kappa shape index (κ3) is 3.51. The number of likely N-dealkylation sites (tertiary alicyclic amines) is 1. The molecular formula is C13H20ClN3. The minimum Gasteiger partial charge on any atom is -0.399 e. The highest BCUT2D eigenvalue weighted by Gasteiger charge is 2.16. The molecule has 94 valence electrons. The molecule has 1 atom stereocenters. The van der Waals surface area contributed by atoms with Crippen LogP contribution in [0.3, 0.4) is 0 Å². The maximum Gasteiger partial charge on any atom is 0.0657 e. The van der Waals surface area contributed by atoms with Crippen LogP contribution in [0, 0.1) is 5.92 Å². The van der Waals surface area contributed by atoms with Gasteiger partial charge in [-0.2, -0.15) is 0 Å². The minimum atomic E-state index is 0.703. The highest BCUT2D eigenvalue weighted by molar-refractivity contribution is 6.33. The number of nitrogen functional groups attached to an aromatic ring is 1. The van der Waals surface area contributed by atoms with Crippen LogP contribution >= 0.6 is 11.6 Å². The molecule has 1 fully saturated rings. The first-order chi connectivity index (χ1) is 8.15. The van der Waals surface area contributed by atoms with Crippen LogP contribution in [-0.4, -0.2) is 31.6 Å². The van der Waals surface area contributed by atoms with Crippen LogP contribution in [0.15, 0.2) is 18.2 Å². The molecule has 2 rings (SSSR count). The molecule has 0 aromatic heterocycles. The van der Waals surface area contributed by atoms with Crippen molar-refractivity contribution in [3.63, 3.8) is 0 Å². The standard InChI is InChI=1S/C13H20ClN3/c1-17-6-2-3-10(9-17)8-16-13-5-4-11(15)7-12(13)14/h4-5,7,10,16H,2-3,6,8-9,15H2,1H3. The number of hydrogen-bond donors (Lipinski definition) is 2. The molecule has 17 heavy (non-hydrogen) atoms. The number of piperidine rings is 1. The molecular weight excluding hydrogens is 234 g/mol. The van der Waals surface area contributed by atoms with Gasteiger partial charge in [-0.25, -0.2) is 0 Å². The molecule has 0 spiro atoms. The van der Waals surface area contributed by atoms with Crippen molar-refractivity contribution in [1.82, 2.24) is 4.90 Å². The number of benzene rings is 1. The molecule has 1 aromatic rings. The third-order valence-corrected chi connectivity index (χ3v) is 3.61. The summed E-state index contributed by atoms with van der Waals surface area (Å²) in [4.78, 5) is 2.39. The average molecular weight is 254 g/mol. The topological polar surface area (TPSA) is 41.3 Å². The fourth-order valence-electron chi connectivity index (χ4n) is 2.37. The number of hydrogen-bond acceptors (Lipinski definition) is 3. The van der Waals surface area contributed by atoms with E-state index in [4.69, 9.17) is 17.3 Å². The van der Waals surface area contributed by atoms with Crippen molar-refractivity contribution in [3.8, 4) is 0 Å². The highest BCUT2D eigenvalue weighted by atomic mass is 35.5. The Morgan fingerprint density at radius 1 is 1.53 bits per heavy atom. The molecule has 3 nitrogen and oxygen atoms in total. The Hall–Kier alpha value is -0.930. The van der Waals surface area contributed by atoms with Gasteiger partial charge in [-0.15, -0.1) is 0 Å². The van der Waals surface area contributed by atoms with E-state index in [0.717, 1.165) is 12.2 Å². The van der Waals surface area contributed by atoms with Gasteiger partial charge in [-0.3, -0.25) is 0 Å². The summed E-state index contributed by atoms with van der Waals surface area (Å²) >= 11 is 6.12. The van der Waals surface area contributed by atoms with Gasteiger partial charge in [0.2, 0.25) is 0 Å². The summed E-state index contributed by atoms with van der Waals surface area (Å²) in [5.41, 5.74) is 7.35. The van der Waals surface area contributed by atoms with Crippen molar-refractivity contribution in [1.29, 1.82) is 0 Å². The lowest BCUT2D eigenvalue weighted by Crippen LogP contribution is -2.35. The first kappa shape index (κ1) is 12.5. The van der Waals surface area contributed by atoms with E-state index in [9.17, 15) is 0 Å². The van der Waals surface area contributed by atoms with Crippen LogP contribution in [0.4, 0.5) is 11.4 Å². The lowest BCUT2D eigenvalue weighted by molar-refractivity contribution is 0.217. The first-order valence-electron chi connectivity index (χ1n) is 6.12. The van der Waals surface area contributed by atoms with E-state index in [2.05, 4.69) is 17.3 Å². The second-order valence-electron chi connectivity index (χ2n) is 4.89. The number of nitrogens with two attached hydrogens (primary N) is 1. The van der Waals surface area contributed by atoms with Crippen molar-refractivity contribution in [2.45, 2.75) is 12.8 Å². The number of nitrogens with zero attached hydrogens (tertiary/aromatic N) is 1. The maximum absolute atomic E-state index is 6.12. The molecule has 0 radical (unpaired) electrons. The molecule has 1 aliphatic rings. The summed E-state index contributed by atoms with van der Waals surface area (Å²) in [6, 6.07) is 5.61. The molecule has 1 unspecified atom stereocenters. The summed E-state index contributed by atoms with van der Waals surface area (Å²) in [6.07, 6.45) is 2.59. The summed E-state index contributed by atoms with van der Waals surface area (Å²) in [7, 11) is 2.18.